The average Bonchev–Trinajstić information content (AvgIpc) is 2.68. The zero-order valence-corrected chi connectivity index (χ0v) is 17.1. The van der Waals surface area contributed by atoms with E-state index in [1.807, 2.05) is 31.2 Å². The van der Waals surface area contributed by atoms with Gasteiger partial charge in [0.15, 0.2) is 6.61 Å². The number of benzene rings is 2. The van der Waals surface area contributed by atoms with Gasteiger partial charge in [-0.15, -0.1) is 0 Å². The second kappa shape index (κ2) is 10.0. The van der Waals surface area contributed by atoms with Gasteiger partial charge in [-0.25, -0.2) is 8.42 Å². The van der Waals surface area contributed by atoms with Crippen LogP contribution in [0.3, 0.4) is 0 Å². The van der Waals surface area contributed by atoms with Crippen molar-refractivity contribution in [2.45, 2.75) is 25.7 Å². The molecule has 150 valence electrons. The molecule has 0 atom stereocenters. The quantitative estimate of drug-likeness (QED) is 0.515. The number of hydrogen-bond acceptors (Lipinski definition) is 5. The molecule has 1 amide bonds. The molecular weight excluding hydrogens is 378 g/mol. The third kappa shape index (κ3) is 5.90. The van der Waals surface area contributed by atoms with Gasteiger partial charge < -0.3 is 10.2 Å². The Bertz CT molecular complexity index is 903. The van der Waals surface area contributed by atoms with E-state index in [0.717, 1.165) is 11.1 Å². The first kappa shape index (κ1) is 21.6. The minimum Gasteiger partial charge on any atom is -0.386 e. The van der Waals surface area contributed by atoms with Gasteiger partial charge in [0.05, 0.1) is 11.1 Å². The predicted molar refractivity (Wildman–Crippen MR) is 110 cm³/mol. The van der Waals surface area contributed by atoms with Crippen LogP contribution in [-0.4, -0.2) is 44.5 Å². The van der Waals surface area contributed by atoms with Crippen LogP contribution in [0.25, 0.3) is 0 Å². The van der Waals surface area contributed by atoms with Gasteiger partial charge in [0, 0.05) is 18.8 Å². The molecule has 0 saturated carbocycles. The Morgan fingerprint density at radius 1 is 1.07 bits per heavy atom. The number of anilines is 1. The van der Waals surface area contributed by atoms with Gasteiger partial charge in [0.25, 0.3) is 5.91 Å². The predicted octanol–water partition coefficient (Wildman–Crippen LogP) is 3.01. The number of nitrogens with zero attached hydrogens (tertiary/aromatic N) is 2. The van der Waals surface area contributed by atoms with Crippen LogP contribution in [-0.2, 0) is 19.7 Å². The van der Waals surface area contributed by atoms with E-state index in [2.05, 4.69) is 10.5 Å². The van der Waals surface area contributed by atoms with Crippen molar-refractivity contribution in [2.75, 3.05) is 25.0 Å². The molecule has 0 fully saturated rings. The molecule has 0 heterocycles. The lowest BCUT2D eigenvalue weighted by molar-refractivity contribution is -0.120. The molecule has 0 aliphatic rings. The van der Waals surface area contributed by atoms with Crippen LogP contribution in [0.15, 0.2) is 58.6 Å². The van der Waals surface area contributed by atoms with E-state index in [0.29, 0.717) is 18.8 Å². The topological polar surface area (TPSA) is 88.1 Å². The Labute approximate surface area is 166 Å². The highest BCUT2D eigenvalue weighted by Gasteiger charge is 2.21. The number of rotatable bonds is 9. The summed E-state index contributed by atoms with van der Waals surface area (Å²) in [6.45, 7) is 6.12. The van der Waals surface area contributed by atoms with Crippen LogP contribution in [0.2, 0.25) is 0 Å². The highest BCUT2D eigenvalue weighted by atomic mass is 32.2. The standard InChI is InChI=1S/C20H25N3O4S/c1-4-23(5-2)28(25,26)19-12-10-18(11-13-19)22-20(24)15-27-21-14-17-8-6-16(3)7-9-17/h6-14H,4-5,15H2,1-3H3,(H,22,24). The van der Waals surface area contributed by atoms with Crippen molar-refractivity contribution in [1.29, 1.82) is 0 Å². The molecule has 2 aromatic rings. The van der Waals surface area contributed by atoms with Crippen LogP contribution < -0.4 is 5.32 Å². The first-order valence-corrected chi connectivity index (χ1v) is 10.4. The van der Waals surface area contributed by atoms with Crippen LogP contribution in [0, 0.1) is 6.92 Å². The van der Waals surface area contributed by atoms with E-state index in [9.17, 15) is 13.2 Å². The summed E-state index contributed by atoms with van der Waals surface area (Å²) in [5.74, 6) is -0.389. The molecule has 0 saturated heterocycles. The van der Waals surface area contributed by atoms with Gasteiger partial charge in [-0.3, -0.25) is 4.79 Å². The third-order valence-corrected chi connectivity index (χ3v) is 6.09. The highest BCUT2D eigenvalue weighted by Crippen LogP contribution is 2.18. The minimum absolute atomic E-state index is 0.188. The lowest BCUT2D eigenvalue weighted by Crippen LogP contribution is -2.30. The molecule has 8 heteroatoms. The van der Waals surface area contributed by atoms with E-state index in [1.54, 1.807) is 26.0 Å². The molecule has 2 rings (SSSR count). The van der Waals surface area contributed by atoms with Crippen LogP contribution in [0.1, 0.15) is 25.0 Å². The van der Waals surface area contributed by atoms with Gasteiger partial charge in [0.1, 0.15) is 0 Å². The normalized spacial score (nSPS) is 11.7. The van der Waals surface area contributed by atoms with E-state index < -0.39 is 10.0 Å². The van der Waals surface area contributed by atoms with Crippen molar-refractivity contribution in [1.82, 2.24) is 4.31 Å². The molecule has 0 aliphatic carbocycles. The Hall–Kier alpha value is -2.71. The van der Waals surface area contributed by atoms with E-state index in [4.69, 9.17) is 4.84 Å². The molecule has 0 aliphatic heterocycles. The van der Waals surface area contributed by atoms with Gasteiger partial charge in [-0.1, -0.05) is 48.8 Å². The number of amides is 1. The molecule has 7 nitrogen and oxygen atoms in total. The summed E-state index contributed by atoms with van der Waals surface area (Å²) in [5, 5.41) is 6.40. The molecule has 1 N–H and O–H groups in total. The molecule has 0 bridgehead atoms. The maximum Gasteiger partial charge on any atom is 0.265 e. The maximum absolute atomic E-state index is 12.4. The summed E-state index contributed by atoms with van der Waals surface area (Å²) < 4.78 is 26.3. The van der Waals surface area contributed by atoms with E-state index >= 15 is 0 Å². The van der Waals surface area contributed by atoms with Crippen molar-refractivity contribution in [3.63, 3.8) is 0 Å². The second-order valence-electron chi connectivity index (χ2n) is 6.08. The Morgan fingerprint density at radius 3 is 2.25 bits per heavy atom. The van der Waals surface area contributed by atoms with Crippen molar-refractivity contribution in [3.8, 4) is 0 Å². The van der Waals surface area contributed by atoms with Gasteiger partial charge >= 0.3 is 0 Å². The Balaban J connectivity index is 1.88. The number of carbonyl (C=O) groups excluding carboxylic acids is 1. The first-order valence-electron chi connectivity index (χ1n) is 8.99. The van der Waals surface area contributed by atoms with Crippen molar-refractivity contribution >= 4 is 27.8 Å². The third-order valence-electron chi connectivity index (χ3n) is 4.03. The number of oxime groups is 1. The fourth-order valence-electron chi connectivity index (χ4n) is 2.47. The number of sulfonamides is 1. The molecule has 0 spiro atoms. The molecule has 0 unspecified atom stereocenters. The Kier molecular flexibility index (Phi) is 7.71. The average molecular weight is 404 g/mol. The molecule has 28 heavy (non-hydrogen) atoms. The SMILES string of the molecule is CCN(CC)S(=O)(=O)c1ccc(NC(=O)CON=Cc2ccc(C)cc2)cc1. The van der Waals surface area contributed by atoms with Gasteiger partial charge in [0.2, 0.25) is 10.0 Å². The lowest BCUT2D eigenvalue weighted by Gasteiger charge is -2.18. The summed E-state index contributed by atoms with van der Waals surface area (Å²) in [4.78, 5) is 17.1. The number of nitrogens with one attached hydrogen (secondary N) is 1. The minimum atomic E-state index is -3.52. The monoisotopic (exact) mass is 403 g/mol. The zero-order chi connectivity index (χ0) is 20.6. The summed E-state index contributed by atoms with van der Waals surface area (Å²) in [6.07, 6.45) is 1.53. The van der Waals surface area contributed by atoms with Crippen molar-refractivity contribution < 1.29 is 18.0 Å². The zero-order valence-electron chi connectivity index (χ0n) is 16.3. The van der Waals surface area contributed by atoms with Crippen LogP contribution in [0.4, 0.5) is 5.69 Å². The van der Waals surface area contributed by atoms with E-state index in [-0.39, 0.29) is 17.4 Å². The summed E-state index contributed by atoms with van der Waals surface area (Å²) in [6, 6.07) is 13.7. The lowest BCUT2D eigenvalue weighted by atomic mass is 10.2. The van der Waals surface area contributed by atoms with Gasteiger partial charge in [-0.05, 0) is 36.8 Å². The second-order valence-corrected chi connectivity index (χ2v) is 8.02. The number of hydrogen-bond donors (Lipinski definition) is 1. The number of aryl methyl sites for hydroxylation is 1. The fraction of sp³-hybridized carbons (Fsp3) is 0.300. The first-order chi connectivity index (χ1) is 13.4. The molecule has 0 radical (unpaired) electrons. The highest BCUT2D eigenvalue weighted by molar-refractivity contribution is 7.89. The Morgan fingerprint density at radius 2 is 1.68 bits per heavy atom. The number of carbonyl (C=O) groups is 1. The molecule has 2 aromatic carbocycles. The van der Waals surface area contributed by atoms with E-state index in [1.165, 1.54) is 22.7 Å². The summed E-state index contributed by atoms with van der Waals surface area (Å²) >= 11 is 0. The summed E-state index contributed by atoms with van der Waals surface area (Å²) in [7, 11) is -3.52. The van der Waals surface area contributed by atoms with Gasteiger partial charge in [-0.2, -0.15) is 4.31 Å². The summed E-state index contributed by atoms with van der Waals surface area (Å²) in [5.41, 5.74) is 2.50. The largest absolute Gasteiger partial charge is 0.386 e. The fourth-order valence-corrected chi connectivity index (χ4v) is 3.92. The molecular formula is C20H25N3O4S. The maximum atomic E-state index is 12.4. The van der Waals surface area contributed by atoms with Crippen molar-refractivity contribution in [2.24, 2.45) is 5.16 Å². The van der Waals surface area contributed by atoms with Crippen molar-refractivity contribution in [3.05, 3.63) is 59.7 Å². The van der Waals surface area contributed by atoms with Crippen LogP contribution >= 0.6 is 0 Å². The molecule has 0 aromatic heterocycles. The van der Waals surface area contributed by atoms with Crippen LogP contribution in [0.5, 0.6) is 0 Å². The smallest absolute Gasteiger partial charge is 0.265 e.